The summed E-state index contributed by atoms with van der Waals surface area (Å²) < 4.78 is 12.2. The molecule has 2 fully saturated rings. The van der Waals surface area contributed by atoms with Crippen LogP contribution in [0.5, 0.6) is 5.75 Å². The third-order valence-electron chi connectivity index (χ3n) is 6.92. The Hall–Kier alpha value is -4.00. The Balaban J connectivity index is 1.27. The standard InChI is InChI=1S/C25H29N7O5S/c1-3-27-24(35)20-18(26)22(38-30-20)25(36)32-11-9-13(10-12-32)37-16-6-4-5-14-19(29-31(2)21(14)16)15-7-8-17(33)28-23(15)34/h4-6,13,15H,3,7-12,26H2,1-2H3,(H,27,35)(H,28,33,34). The molecule has 2 aliphatic heterocycles. The molecular weight excluding hydrogens is 510 g/mol. The molecule has 4 amide bonds. The predicted molar refractivity (Wildman–Crippen MR) is 140 cm³/mol. The van der Waals surface area contributed by atoms with E-state index in [9.17, 15) is 19.2 Å². The molecule has 0 spiro atoms. The molecule has 3 aromatic rings. The number of nitrogens with one attached hydrogen (secondary N) is 2. The fourth-order valence-electron chi connectivity index (χ4n) is 4.99. The molecule has 2 saturated heterocycles. The van der Waals surface area contributed by atoms with Crippen molar-refractivity contribution in [2.75, 3.05) is 25.4 Å². The molecule has 0 aliphatic carbocycles. The average Bonchev–Trinajstić information content (AvgIpc) is 3.44. The van der Waals surface area contributed by atoms with E-state index < -0.39 is 11.8 Å². The summed E-state index contributed by atoms with van der Waals surface area (Å²) in [7, 11) is 1.81. The summed E-state index contributed by atoms with van der Waals surface area (Å²) in [5.41, 5.74) is 7.68. The maximum Gasteiger partial charge on any atom is 0.273 e. The van der Waals surface area contributed by atoms with Crippen LogP contribution in [-0.2, 0) is 16.6 Å². The highest BCUT2D eigenvalue weighted by atomic mass is 32.1. The second-order valence-electron chi connectivity index (χ2n) is 9.41. The highest BCUT2D eigenvalue weighted by Crippen LogP contribution is 2.35. The Kier molecular flexibility index (Phi) is 7.02. The average molecular weight is 540 g/mol. The molecule has 13 heteroatoms. The molecule has 200 valence electrons. The van der Waals surface area contributed by atoms with Gasteiger partial charge in [-0.3, -0.25) is 29.2 Å². The fourth-order valence-corrected chi connectivity index (χ4v) is 5.76. The molecule has 4 N–H and O–H groups in total. The van der Waals surface area contributed by atoms with Gasteiger partial charge in [-0.1, -0.05) is 12.1 Å². The molecule has 1 unspecified atom stereocenters. The number of hydrogen-bond donors (Lipinski definition) is 3. The first-order valence-corrected chi connectivity index (χ1v) is 13.3. The van der Waals surface area contributed by atoms with Crippen molar-refractivity contribution in [3.05, 3.63) is 34.5 Å². The predicted octanol–water partition coefficient (Wildman–Crippen LogP) is 1.57. The topological polar surface area (TPSA) is 162 Å². The van der Waals surface area contributed by atoms with Crippen molar-refractivity contribution in [1.29, 1.82) is 0 Å². The summed E-state index contributed by atoms with van der Waals surface area (Å²) in [6.45, 7) is 3.18. The van der Waals surface area contributed by atoms with Gasteiger partial charge in [-0.25, -0.2) is 0 Å². The third kappa shape index (κ3) is 4.69. The first kappa shape index (κ1) is 25.6. The molecule has 0 radical (unpaired) electrons. The van der Waals surface area contributed by atoms with Gasteiger partial charge in [0.1, 0.15) is 22.2 Å². The number of rotatable bonds is 6. The zero-order valence-corrected chi connectivity index (χ0v) is 22.0. The molecule has 1 atom stereocenters. The molecule has 2 aromatic heterocycles. The number of nitrogens with zero attached hydrogens (tertiary/aromatic N) is 4. The van der Waals surface area contributed by atoms with Gasteiger partial charge in [0.05, 0.1) is 17.3 Å². The van der Waals surface area contributed by atoms with E-state index in [2.05, 4.69) is 20.1 Å². The normalized spacial score (nSPS) is 18.5. The van der Waals surface area contributed by atoms with Gasteiger partial charge in [-0.05, 0) is 30.9 Å². The van der Waals surface area contributed by atoms with Gasteiger partial charge in [0.25, 0.3) is 11.8 Å². The number of carbonyl (C=O) groups is 4. The Morgan fingerprint density at radius 1 is 1.24 bits per heavy atom. The van der Waals surface area contributed by atoms with Crippen LogP contribution in [0.3, 0.4) is 0 Å². The van der Waals surface area contributed by atoms with Crippen molar-refractivity contribution in [2.45, 2.75) is 44.6 Å². The van der Waals surface area contributed by atoms with E-state index in [-0.39, 0.29) is 46.5 Å². The second kappa shape index (κ2) is 10.4. The Morgan fingerprint density at radius 2 is 2.00 bits per heavy atom. The van der Waals surface area contributed by atoms with Crippen LogP contribution in [0.1, 0.15) is 64.4 Å². The van der Waals surface area contributed by atoms with Crippen molar-refractivity contribution in [3.63, 3.8) is 0 Å². The minimum Gasteiger partial charge on any atom is -0.488 e. The highest BCUT2D eigenvalue weighted by molar-refractivity contribution is 7.09. The lowest BCUT2D eigenvalue weighted by molar-refractivity contribution is -0.134. The molecule has 4 heterocycles. The van der Waals surface area contributed by atoms with Crippen LogP contribution in [0.15, 0.2) is 18.2 Å². The maximum atomic E-state index is 13.1. The van der Waals surface area contributed by atoms with E-state index in [0.29, 0.717) is 50.3 Å². The summed E-state index contributed by atoms with van der Waals surface area (Å²) in [5.74, 6) is -1.06. The van der Waals surface area contributed by atoms with E-state index in [4.69, 9.17) is 10.5 Å². The van der Waals surface area contributed by atoms with Crippen molar-refractivity contribution < 1.29 is 23.9 Å². The molecule has 1 aromatic carbocycles. The number of carbonyl (C=O) groups excluding carboxylic acids is 4. The monoisotopic (exact) mass is 539 g/mol. The first-order valence-electron chi connectivity index (χ1n) is 12.6. The summed E-state index contributed by atoms with van der Waals surface area (Å²) >= 11 is 0.938. The lowest BCUT2D eigenvalue weighted by Crippen LogP contribution is -2.41. The SMILES string of the molecule is CCNC(=O)c1nsc(C(=O)N2CCC(Oc3cccc4c(C5CCC(=O)NC5=O)nn(C)c34)CC2)c1N. The van der Waals surface area contributed by atoms with Gasteiger partial charge in [-0.2, -0.15) is 9.47 Å². The lowest BCUT2D eigenvalue weighted by Gasteiger charge is -2.32. The Morgan fingerprint density at radius 3 is 2.71 bits per heavy atom. The zero-order valence-electron chi connectivity index (χ0n) is 21.2. The van der Waals surface area contributed by atoms with Gasteiger partial charge >= 0.3 is 0 Å². The lowest BCUT2D eigenvalue weighted by atomic mass is 9.93. The molecule has 0 saturated carbocycles. The third-order valence-corrected chi connectivity index (χ3v) is 7.77. The van der Waals surface area contributed by atoms with Crippen molar-refractivity contribution in [2.24, 2.45) is 7.05 Å². The summed E-state index contributed by atoms with van der Waals surface area (Å²) in [4.78, 5) is 51.2. The largest absolute Gasteiger partial charge is 0.488 e. The van der Waals surface area contributed by atoms with Crippen molar-refractivity contribution in [3.8, 4) is 5.75 Å². The number of anilines is 1. The van der Waals surface area contributed by atoms with E-state index in [0.717, 1.165) is 22.4 Å². The van der Waals surface area contributed by atoms with E-state index in [1.165, 1.54) is 0 Å². The molecule has 38 heavy (non-hydrogen) atoms. The van der Waals surface area contributed by atoms with Crippen LogP contribution < -0.4 is 21.1 Å². The number of fused-ring (bicyclic) bond motifs is 1. The number of amides is 4. The Labute approximate surface area is 222 Å². The number of piperidine rings is 2. The van der Waals surface area contributed by atoms with Gasteiger partial charge in [-0.15, -0.1) is 0 Å². The smallest absolute Gasteiger partial charge is 0.273 e. The summed E-state index contributed by atoms with van der Waals surface area (Å²) in [6.07, 6.45) is 1.80. The number of ether oxygens (including phenoxy) is 1. The fraction of sp³-hybridized carbons (Fsp3) is 0.440. The maximum absolute atomic E-state index is 13.1. The molecule has 0 bridgehead atoms. The molecule has 12 nitrogen and oxygen atoms in total. The quantitative estimate of drug-likeness (QED) is 0.398. The number of nitrogen functional groups attached to an aromatic ring is 1. The van der Waals surface area contributed by atoms with Crippen molar-refractivity contribution in [1.82, 2.24) is 29.7 Å². The van der Waals surface area contributed by atoms with Crippen LogP contribution >= 0.6 is 11.5 Å². The van der Waals surface area contributed by atoms with Gasteiger partial charge in [0.2, 0.25) is 11.8 Å². The molecule has 5 rings (SSSR count). The van der Waals surface area contributed by atoms with Gasteiger partial charge in [0, 0.05) is 51.3 Å². The molecule has 2 aliphatic rings. The van der Waals surface area contributed by atoms with Crippen molar-refractivity contribution >= 4 is 51.8 Å². The highest BCUT2D eigenvalue weighted by Gasteiger charge is 2.33. The van der Waals surface area contributed by atoms with Gasteiger partial charge in [0.15, 0.2) is 5.69 Å². The number of imide groups is 1. The minimum atomic E-state index is -0.492. The van der Waals surface area contributed by atoms with Gasteiger partial charge < -0.3 is 20.7 Å². The van der Waals surface area contributed by atoms with Crippen LogP contribution in [0, 0.1) is 0 Å². The van der Waals surface area contributed by atoms with E-state index in [1.54, 1.807) is 23.6 Å². The summed E-state index contributed by atoms with van der Waals surface area (Å²) in [5, 5.41) is 10.5. The zero-order chi connectivity index (χ0) is 27.0. The number of benzene rings is 1. The summed E-state index contributed by atoms with van der Waals surface area (Å²) in [6, 6.07) is 5.65. The minimum absolute atomic E-state index is 0.0827. The van der Waals surface area contributed by atoms with Crippen LogP contribution in [0.2, 0.25) is 0 Å². The van der Waals surface area contributed by atoms with E-state index >= 15 is 0 Å². The van der Waals surface area contributed by atoms with Crippen LogP contribution in [0.25, 0.3) is 10.9 Å². The first-order chi connectivity index (χ1) is 18.3. The molecular formula is C25H29N7O5S. The number of nitrogens with two attached hydrogens (primary N) is 1. The second-order valence-corrected chi connectivity index (χ2v) is 10.2. The van der Waals surface area contributed by atoms with E-state index in [1.807, 2.05) is 18.2 Å². The number of aryl methyl sites for hydroxylation is 1. The number of likely N-dealkylation sites (tertiary alicyclic amines) is 1. The van der Waals surface area contributed by atoms with Crippen LogP contribution in [-0.4, -0.2) is 68.4 Å². The number of aromatic nitrogens is 3. The Bertz CT molecular complexity index is 1420. The van der Waals surface area contributed by atoms with Crippen LogP contribution in [0.4, 0.5) is 5.69 Å². The number of hydrogen-bond acceptors (Lipinski definition) is 9. The number of para-hydroxylation sites is 1.